The van der Waals surface area contributed by atoms with Gasteiger partial charge in [-0.25, -0.2) is 4.79 Å². The van der Waals surface area contributed by atoms with Crippen molar-refractivity contribution >= 4 is 29.4 Å². The zero-order valence-corrected chi connectivity index (χ0v) is 11.9. The molecule has 1 aromatic carbocycles. The first-order chi connectivity index (χ1) is 9.52. The number of allylic oxidation sites excluding steroid dienone is 2. The van der Waals surface area contributed by atoms with Gasteiger partial charge in [-0.1, -0.05) is 23.7 Å². The topological polar surface area (TPSA) is 52.6 Å². The highest BCUT2D eigenvalue weighted by Crippen LogP contribution is 2.27. The van der Waals surface area contributed by atoms with Crippen molar-refractivity contribution in [2.75, 3.05) is 6.61 Å². The maximum Gasteiger partial charge on any atom is 0.345 e. The second-order valence-corrected chi connectivity index (χ2v) is 4.58. The fraction of sp³-hybridized carbons (Fsp3) is 0.200. The normalized spacial score (nSPS) is 16.6. The Kier molecular flexibility index (Phi) is 4.25. The van der Waals surface area contributed by atoms with E-state index in [0.29, 0.717) is 5.02 Å². The van der Waals surface area contributed by atoms with Crippen LogP contribution in [0.3, 0.4) is 0 Å². The van der Waals surface area contributed by atoms with Crippen LogP contribution >= 0.6 is 11.6 Å². The van der Waals surface area contributed by atoms with Gasteiger partial charge in [0, 0.05) is 5.02 Å². The Morgan fingerprint density at radius 2 is 2.20 bits per heavy atom. The second kappa shape index (κ2) is 5.92. The number of ketones is 1. The average molecular weight is 293 g/mol. The summed E-state index contributed by atoms with van der Waals surface area (Å²) < 4.78 is 10.2. The van der Waals surface area contributed by atoms with E-state index in [2.05, 4.69) is 0 Å². The molecule has 0 saturated heterocycles. The van der Waals surface area contributed by atoms with E-state index in [1.807, 2.05) is 0 Å². The predicted octanol–water partition coefficient (Wildman–Crippen LogP) is 3.12. The van der Waals surface area contributed by atoms with Crippen LogP contribution < -0.4 is 0 Å². The smallest absolute Gasteiger partial charge is 0.345 e. The molecule has 2 rings (SSSR count). The second-order valence-electron chi connectivity index (χ2n) is 4.15. The molecule has 0 fully saturated rings. The van der Waals surface area contributed by atoms with Crippen molar-refractivity contribution in [3.8, 4) is 0 Å². The average Bonchev–Trinajstić information content (AvgIpc) is 2.65. The van der Waals surface area contributed by atoms with Crippen molar-refractivity contribution in [2.24, 2.45) is 0 Å². The lowest BCUT2D eigenvalue weighted by molar-refractivity contribution is -0.139. The van der Waals surface area contributed by atoms with Crippen LogP contribution in [0.2, 0.25) is 5.02 Å². The first kappa shape index (κ1) is 14.3. The number of Topliss-reactive ketones (excluding diaryl/α,β-unsaturated/α-hetero) is 1. The molecule has 1 aliphatic rings. The van der Waals surface area contributed by atoms with Crippen molar-refractivity contribution in [2.45, 2.75) is 13.8 Å². The first-order valence-electron chi connectivity index (χ1n) is 6.10. The fourth-order valence-corrected chi connectivity index (χ4v) is 2.03. The number of carbonyl (C=O) groups is 2. The molecule has 0 atom stereocenters. The van der Waals surface area contributed by atoms with Gasteiger partial charge in [0.1, 0.15) is 11.3 Å². The quantitative estimate of drug-likeness (QED) is 0.488. The zero-order valence-electron chi connectivity index (χ0n) is 11.1. The highest BCUT2D eigenvalue weighted by atomic mass is 35.5. The third kappa shape index (κ3) is 2.91. The highest BCUT2D eigenvalue weighted by molar-refractivity contribution is 6.30. The summed E-state index contributed by atoms with van der Waals surface area (Å²) in [5.74, 6) is -0.792. The third-order valence-corrected chi connectivity index (χ3v) is 2.93. The van der Waals surface area contributed by atoms with Gasteiger partial charge in [0.2, 0.25) is 5.78 Å². The molecular weight excluding hydrogens is 280 g/mol. The summed E-state index contributed by atoms with van der Waals surface area (Å²) in [5, 5.41) is 0.556. The van der Waals surface area contributed by atoms with Crippen molar-refractivity contribution in [3.63, 3.8) is 0 Å². The van der Waals surface area contributed by atoms with Gasteiger partial charge in [-0.15, -0.1) is 0 Å². The zero-order chi connectivity index (χ0) is 14.7. The summed E-state index contributed by atoms with van der Waals surface area (Å²) in [6.45, 7) is 3.44. The lowest BCUT2D eigenvalue weighted by Gasteiger charge is -1.99. The molecule has 0 bridgehead atoms. The van der Waals surface area contributed by atoms with E-state index in [1.165, 1.54) is 0 Å². The molecular formula is C15H13ClO4. The number of rotatable bonds is 3. The largest absolute Gasteiger partial charge is 0.462 e. The van der Waals surface area contributed by atoms with Crippen molar-refractivity contribution < 1.29 is 19.1 Å². The van der Waals surface area contributed by atoms with E-state index in [-0.39, 0.29) is 23.7 Å². The summed E-state index contributed by atoms with van der Waals surface area (Å²) in [6.07, 6.45) is 1.55. The molecule has 0 unspecified atom stereocenters. The standard InChI is InChI=1S/C15H13ClO4/c1-3-19-15(18)13-9(2)20-12(14(13)17)8-10-5-4-6-11(16)7-10/h4-8H,3H2,1-2H3/b12-8-. The van der Waals surface area contributed by atoms with Gasteiger partial charge in [0.05, 0.1) is 6.61 Å². The number of hydrogen-bond donors (Lipinski definition) is 0. The monoisotopic (exact) mass is 292 g/mol. The molecule has 1 aliphatic heterocycles. The number of ether oxygens (including phenoxy) is 2. The number of carbonyl (C=O) groups excluding carboxylic acids is 2. The van der Waals surface area contributed by atoms with E-state index in [9.17, 15) is 9.59 Å². The lowest BCUT2D eigenvalue weighted by atomic mass is 10.1. The van der Waals surface area contributed by atoms with Crippen LogP contribution in [0.15, 0.2) is 41.4 Å². The maximum absolute atomic E-state index is 12.1. The van der Waals surface area contributed by atoms with Crippen LogP contribution in [0.25, 0.3) is 6.08 Å². The molecule has 104 valence electrons. The van der Waals surface area contributed by atoms with E-state index < -0.39 is 11.8 Å². The summed E-state index contributed by atoms with van der Waals surface area (Å²) in [4.78, 5) is 23.8. The summed E-state index contributed by atoms with van der Waals surface area (Å²) in [6, 6.07) is 6.98. The Bertz CT molecular complexity index is 629. The molecule has 4 nitrogen and oxygen atoms in total. The molecule has 1 aromatic rings. The molecule has 5 heteroatoms. The van der Waals surface area contributed by atoms with Crippen LogP contribution in [0.4, 0.5) is 0 Å². The van der Waals surface area contributed by atoms with Gasteiger partial charge < -0.3 is 9.47 Å². The Morgan fingerprint density at radius 1 is 1.45 bits per heavy atom. The van der Waals surface area contributed by atoms with Crippen LogP contribution in [0, 0.1) is 0 Å². The minimum Gasteiger partial charge on any atom is -0.462 e. The van der Waals surface area contributed by atoms with Crippen LogP contribution in [0.5, 0.6) is 0 Å². The Hall–Kier alpha value is -2.07. The molecule has 0 aromatic heterocycles. The van der Waals surface area contributed by atoms with E-state index in [1.54, 1.807) is 44.2 Å². The third-order valence-electron chi connectivity index (χ3n) is 2.69. The summed E-state index contributed by atoms with van der Waals surface area (Å²) >= 11 is 5.88. The van der Waals surface area contributed by atoms with Gasteiger partial charge in [0.15, 0.2) is 5.76 Å². The Morgan fingerprint density at radius 3 is 2.85 bits per heavy atom. The van der Waals surface area contributed by atoms with Crippen LogP contribution in [0.1, 0.15) is 19.4 Å². The van der Waals surface area contributed by atoms with Crippen molar-refractivity contribution in [1.82, 2.24) is 0 Å². The molecule has 0 amide bonds. The molecule has 0 aliphatic carbocycles. The van der Waals surface area contributed by atoms with Gasteiger partial charge in [-0.05, 0) is 37.6 Å². The van der Waals surface area contributed by atoms with E-state index >= 15 is 0 Å². The summed E-state index contributed by atoms with van der Waals surface area (Å²) in [5.41, 5.74) is 0.666. The van der Waals surface area contributed by atoms with Crippen LogP contribution in [-0.2, 0) is 19.1 Å². The number of esters is 1. The van der Waals surface area contributed by atoms with Gasteiger partial charge >= 0.3 is 5.97 Å². The predicted molar refractivity (Wildman–Crippen MR) is 74.9 cm³/mol. The fourth-order valence-electron chi connectivity index (χ4n) is 1.83. The molecule has 0 radical (unpaired) electrons. The molecule has 20 heavy (non-hydrogen) atoms. The summed E-state index contributed by atoms with van der Waals surface area (Å²) in [7, 11) is 0. The lowest BCUT2D eigenvalue weighted by Crippen LogP contribution is -2.14. The Labute approximate surface area is 121 Å². The molecule has 0 spiro atoms. The van der Waals surface area contributed by atoms with Crippen molar-refractivity contribution in [1.29, 1.82) is 0 Å². The van der Waals surface area contributed by atoms with E-state index in [0.717, 1.165) is 5.56 Å². The molecule has 1 heterocycles. The molecule has 0 saturated carbocycles. The van der Waals surface area contributed by atoms with Crippen LogP contribution in [-0.4, -0.2) is 18.4 Å². The van der Waals surface area contributed by atoms with E-state index in [4.69, 9.17) is 21.1 Å². The number of halogens is 1. The first-order valence-corrected chi connectivity index (χ1v) is 6.48. The van der Waals surface area contributed by atoms with Gasteiger partial charge in [-0.2, -0.15) is 0 Å². The van der Waals surface area contributed by atoms with Crippen molar-refractivity contribution in [3.05, 3.63) is 51.9 Å². The number of benzene rings is 1. The molecule has 0 N–H and O–H groups in total. The maximum atomic E-state index is 12.1. The minimum absolute atomic E-state index is 0.0554. The Balaban J connectivity index is 2.27. The van der Waals surface area contributed by atoms with Gasteiger partial charge in [0.25, 0.3) is 0 Å². The number of hydrogen-bond acceptors (Lipinski definition) is 4. The van der Waals surface area contributed by atoms with Gasteiger partial charge in [-0.3, -0.25) is 4.79 Å². The minimum atomic E-state index is -0.663. The highest BCUT2D eigenvalue weighted by Gasteiger charge is 2.34. The SMILES string of the molecule is CCOC(=O)C1=C(C)O/C(=C\c2cccc(Cl)c2)C1=O.